The summed E-state index contributed by atoms with van der Waals surface area (Å²) in [7, 11) is 0. The van der Waals surface area contributed by atoms with Gasteiger partial charge >= 0.3 is 6.09 Å². The molecule has 2 unspecified atom stereocenters. The monoisotopic (exact) mass is 521 g/mol. The standard InChI is InChI=1S/C26H24BrN3O4/c27-15-11-20-21(13-30-25(20)29-12-15)24(32)23(31)9-10-28-26(33)34-14-22-18-7-3-1-5-16(18)17-6-2-4-8-19(17)22/h1-8,11-13,22-24,31-32H,9-10,14H2,(H,28,33)(H,29,30). The van der Waals surface area contributed by atoms with Gasteiger partial charge in [-0.3, -0.25) is 0 Å². The molecule has 5 rings (SSSR count). The number of ether oxygens (including phenoxy) is 1. The van der Waals surface area contributed by atoms with Crippen molar-refractivity contribution in [2.24, 2.45) is 0 Å². The fourth-order valence-corrected chi connectivity index (χ4v) is 4.91. The highest BCUT2D eigenvalue weighted by Gasteiger charge is 2.29. The van der Waals surface area contributed by atoms with Crippen molar-refractivity contribution in [3.63, 3.8) is 0 Å². The maximum absolute atomic E-state index is 12.3. The number of carbonyl (C=O) groups is 1. The molecule has 2 heterocycles. The summed E-state index contributed by atoms with van der Waals surface area (Å²) < 4.78 is 6.29. The van der Waals surface area contributed by atoms with E-state index in [-0.39, 0.29) is 25.5 Å². The van der Waals surface area contributed by atoms with Crippen molar-refractivity contribution in [1.29, 1.82) is 0 Å². The summed E-state index contributed by atoms with van der Waals surface area (Å²) >= 11 is 3.37. The zero-order chi connectivity index (χ0) is 23.7. The number of carbonyl (C=O) groups excluding carboxylic acids is 1. The summed E-state index contributed by atoms with van der Waals surface area (Å²) in [5.41, 5.74) is 5.82. The molecule has 0 aliphatic heterocycles. The molecule has 1 aliphatic carbocycles. The molecule has 174 valence electrons. The number of amides is 1. The SMILES string of the molecule is O=C(NCCC(O)C(O)c1c[nH]c2ncc(Br)cc12)OCC1c2ccccc2-c2ccccc21. The van der Waals surface area contributed by atoms with Gasteiger partial charge in [0.05, 0.1) is 6.10 Å². The first-order valence-electron chi connectivity index (χ1n) is 11.1. The minimum Gasteiger partial charge on any atom is -0.449 e. The first kappa shape index (κ1) is 22.6. The molecule has 0 bridgehead atoms. The molecule has 8 heteroatoms. The summed E-state index contributed by atoms with van der Waals surface area (Å²) in [5, 5.41) is 24.5. The topological polar surface area (TPSA) is 107 Å². The lowest BCUT2D eigenvalue weighted by atomic mass is 9.98. The number of H-pyrrole nitrogens is 1. The van der Waals surface area contributed by atoms with E-state index in [1.165, 1.54) is 11.1 Å². The van der Waals surface area contributed by atoms with Crippen molar-refractivity contribution in [3.05, 3.63) is 88.2 Å². The molecule has 0 fully saturated rings. The van der Waals surface area contributed by atoms with Crippen LogP contribution in [0.4, 0.5) is 4.79 Å². The number of rotatable bonds is 7. The maximum atomic E-state index is 12.3. The number of halogens is 1. The number of fused-ring (bicyclic) bond motifs is 4. The number of hydrogen-bond acceptors (Lipinski definition) is 5. The molecular weight excluding hydrogens is 498 g/mol. The highest BCUT2D eigenvalue weighted by Crippen LogP contribution is 2.44. The highest BCUT2D eigenvalue weighted by atomic mass is 79.9. The van der Waals surface area contributed by atoms with E-state index in [2.05, 4.69) is 55.5 Å². The van der Waals surface area contributed by atoms with E-state index in [0.29, 0.717) is 11.2 Å². The van der Waals surface area contributed by atoms with Crippen LogP contribution in [0.1, 0.15) is 35.1 Å². The second kappa shape index (κ2) is 9.58. The fourth-order valence-electron chi connectivity index (χ4n) is 4.58. The van der Waals surface area contributed by atoms with E-state index in [0.717, 1.165) is 21.0 Å². The molecule has 1 amide bonds. The summed E-state index contributed by atoms with van der Waals surface area (Å²) in [6, 6.07) is 18.1. The maximum Gasteiger partial charge on any atom is 0.407 e. The normalized spacial score (nSPS) is 14.4. The lowest BCUT2D eigenvalue weighted by molar-refractivity contribution is 0.0145. The number of aromatic nitrogens is 2. The Balaban J connectivity index is 1.15. The van der Waals surface area contributed by atoms with Gasteiger partial charge in [-0.25, -0.2) is 9.78 Å². The van der Waals surface area contributed by atoms with Gasteiger partial charge in [0.2, 0.25) is 0 Å². The van der Waals surface area contributed by atoms with Gasteiger partial charge in [0, 0.05) is 40.3 Å². The quantitative estimate of drug-likeness (QED) is 0.283. The van der Waals surface area contributed by atoms with Crippen molar-refractivity contribution in [2.75, 3.05) is 13.2 Å². The lowest BCUT2D eigenvalue weighted by Crippen LogP contribution is -2.30. The number of pyridine rings is 1. The Morgan fingerprint density at radius 2 is 1.79 bits per heavy atom. The number of hydrogen-bond donors (Lipinski definition) is 4. The Bertz CT molecular complexity index is 1290. The number of aromatic amines is 1. The highest BCUT2D eigenvalue weighted by molar-refractivity contribution is 9.10. The summed E-state index contributed by atoms with van der Waals surface area (Å²) in [5.74, 6) is -0.0135. The zero-order valence-electron chi connectivity index (χ0n) is 18.2. The minimum absolute atomic E-state index is 0.0135. The molecule has 2 atom stereocenters. The smallest absolute Gasteiger partial charge is 0.407 e. The number of alkyl carbamates (subject to hydrolysis) is 1. The second-order valence-corrected chi connectivity index (χ2v) is 9.26. The van der Waals surface area contributed by atoms with Crippen LogP contribution < -0.4 is 5.32 Å². The van der Waals surface area contributed by atoms with E-state index < -0.39 is 18.3 Å². The van der Waals surface area contributed by atoms with E-state index in [1.807, 2.05) is 30.3 Å². The molecule has 2 aromatic heterocycles. The van der Waals surface area contributed by atoms with Gasteiger partial charge in [0.15, 0.2) is 0 Å². The molecule has 0 spiro atoms. The molecule has 7 nitrogen and oxygen atoms in total. The molecule has 0 saturated carbocycles. The van der Waals surface area contributed by atoms with E-state index >= 15 is 0 Å². The summed E-state index contributed by atoms with van der Waals surface area (Å²) in [4.78, 5) is 19.6. The van der Waals surface area contributed by atoms with Gasteiger partial charge < -0.3 is 25.3 Å². The average Bonchev–Trinajstić information content (AvgIpc) is 3.41. The molecule has 2 aromatic carbocycles. The van der Waals surface area contributed by atoms with Gasteiger partial charge in [0.1, 0.15) is 18.4 Å². The first-order valence-corrected chi connectivity index (χ1v) is 11.9. The van der Waals surface area contributed by atoms with Gasteiger partial charge in [0.25, 0.3) is 0 Å². The largest absolute Gasteiger partial charge is 0.449 e. The summed E-state index contributed by atoms with van der Waals surface area (Å²) in [6.45, 7) is 0.390. The predicted octanol–water partition coefficient (Wildman–Crippen LogP) is 4.65. The van der Waals surface area contributed by atoms with E-state index in [4.69, 9.17) is 4.74 Å². The van der Waals surface area contributed by atoms with Crippen LogP contribution in [-0.4, -0.2) is 45.5 Å². The average molecular weight is 522 g/mol. The third kappa shape index (κ3) is 4.32. The number of benzene rings is 2. The van der Waals surface area contributed by atoms with Gasteiger partial charge in [-0.1, -0.05) is 48.5 Å². The zero-order valence-corrected chi connectivity index (χ0v) is 19.8. The fraction of sp³-hybridized carbons (Fsp3) is 0.231. The molecule has 0 radical (unpaired) electrons. The number of aliphatic hydroxyl groups excluding tert-OH is 2. The van der Waals surface area contributed by atoms with Crippen molar-refractivity contribution < 1.29 is 19.7 Å². The van der Waals surface area contributed by atoms with Gasteiger partial charge in [-0.2, -0.15) is 0 Å². The molecule has 4 aromatic rings. The summed E-state index contributed by atoms with van der Waals surface area (Å²) in [6.07, 6.45) is 0.727. The second-order valence-electron chi connectivity index (χ2n) is 8.35. The number of nitrogens with one attached hydrogen (secondary N) is 2. The van der Waals surface area contributed by atoms with Gasteiger partial charge in [-0.05, 0) is 50.7 Å². The number of aliphatic hydroxyl groups is 2. The molecule has 1 aliphatic rings. The van der Waals surface area contributed by atoms with Crippen LogP contribution in [0.15, 0.2) is 71.5 Å². The van der Waals surface area contributed by atoms with Crippen molar-refractivity contribution in [1.82, 2.24) is 15.3 Å². The van der Waals surface area contributed by atoms with Crippen LogP contribution in [0.5, 0.6) is 0 Å². The van der Waals surface area contributed by atoms with E-state index in [1.54, 1.807) is 12.4 Å². The molecule has 0 saturated heterocycles. The lowest BCUT2D eigenvalue weighted by Gasteiger charge is -2.18. The Morgan fingerprint density at radius 3 is 2.50 bits per heavy atom. The van der Waals surface area contributed by atoms with Crippen LogP contribution in [-0.2, 0) is 4.74 Å². The third-order valence-electron chi connectivity index (χ3n) is 6.27. The number of nitrogens with zero attached hydrogens (tertiary/aromatic N) is 1. The third-order valence-corrected chi connectivity index (χ3v) is 6.70. The Labute approximate surface area is 204 Å². The Morgan fingerprint density at radius 1 is 1.12 bits per heavy atom. The molecule has 4 N–H and O–H groups in total. The molecule has 34 heavy (non-hydrogen) atoms. The van der Waals surface area contributed by atoms with Gasteiger partial charge in [-0.15, -0.1) is 0 Å². The van der Waals surface area contributed by atoms with Crippen LogP contribution in [0.2, 0.25) is 0 Å². The first-order chi connectivity index (χ1) is 16.5. The molecular formula is C26H24BrN3O4. The van der Waals surface area contributed by atoms with Crippen LogP contribution >= 0.6 is 15.9 Å². The van der Waals surface area contributed by atoms with Crippen LogP contribution in [0.25, 0.3) is 22.2 Å². The van der Waals surface area contributed by atoms with Crippen LogP contribution in [0.3, 0.4) is 0 Å². The van der Waals surface area contributed by atoms with E-state index in [9.17, 15) is 15.0 Å². The Kier molecular flexibility index (Phi) is 6.36. The predicted molar refractivity (Wildman–Crippen MR) is 132 cm³/mol. The van der Waals surface area contributed by atoms with Crippen molar-refractivity contribution in [3.8, 4) is 11.1 Å². The van der Waals surface area contributed by atoms with Crippen LogP contribution in [0, 0.1) is 0 Å². The van der Waals surface area contributed by atoms with Crippen molar-refractivity contribution in [2.45, 2.75) is 24.5 Å². The Hall–Kier alpha value is -3.20. The van der Waals surface area contributed by atoms with Crippen molar-refractivity contribution >= 4 is 33.1 Å². The minimum atomic E-state index is -1.12.